The molecule has 5 heteroatoms. The molecule has 2 N–H and O–H groups in total. The largest absolute Gasteiger partial charge is 0.389 e. The normalized spacial score (nSPS) is 10.5. The number of ether oxygens (including phenoxy) is 1. The van der Waals surface area contributed by atoms with Crippen LogP contribution in [0.4, 0.5) is 4.39 Å². The first kappa shape index (κ1) is 15.1. The predicted octanol–water partition coefficient (Wildman–Crippen LogP) is 3.94. The van der Waals surface area contributed by atoms with Gasteiger partial charge in [0.05, 0.1) is 13.2 Å². The van der Waals surface area contributed by atoms with Crippen LogP contribution in [0.15, 0.2) is 46.9 Å². The van der Waals surface area contributed by atoms with Gasteiger partial charge in [-0.3, -0.25) is 0 Å². The van der Waals surface area contributed by atoms with Crippen molar-refractivity contribution >= 4 is 33.1 Å². The molecule has 2 aromatic carbocycles. The van der Waals surface area contributed by atoms with Gasteiger partial charge >= 0.3 is 0 Å². The summed E-state index contributed by atoms with van der Waals surface area (Å²) in [5.74, 6) is -0.407. The number of rotatable bonds is 5. The minimum Gasteiger partial charge on any atom is -0.389 e. The molecule has 2 rings (SSSR count). The maximum atomic E-state index is 14.0. The highest BCUT2D eigenvalue weighted by atomic mass is 79.9. The van der Waals surface area contributed by atoms with Gasteiger partial charge < -0.3 is 10.5 Å². The molecule has 2 nitrogen and oxygen atoms in total. The van der Waals surface area contributed by atoms with E-state index in [1.807, 2.05) is 24.3 Å². The number of hydrogen-bond donors (Lipinski definition) is 1. The minimum atomic E-state index is -0.407. The molecule has 0 saturated carbocycles. The summed E-state index contributed by atoms with van der Waals surface area (Å²) in [7, 11) is 0. The number of benzene rings is 2. The Hall–Kier alpha value is -1.30. The van der Waals surface area contributed by atoms with Gasteiger partial charge in [0, 0.05) is 15.6 Å². The Balaban J connectivity index is 1.99. The van der Waals surface area contributed by atoms with E-state index < -0.39 is 5.82 Å². The van der Waals surface area contributed by atoms with E-state index >= 15 is 0 Å². The second kappa shape index (κ2) is 6.92. The first-order chi connectivity index (χ1) is 9.58. The SMILES string of the molecule is NC(=S)c1cccc(COCc2ccc(Br)cc2)c1F. The summed E-state index contributed by atoms with van der Waals surface area (Å²) in [4.78, 5) is 0.0530. The highest BCUT2D eigenvalue weighted by Gasteiger charge is 2.09. The van der Waals surface area contributed by atoms with Gasteiger partial charge in [0.25, 0.3) is 0 Å². The van der Waals surface area contributed by atoms with E-state index in [0.29, 0.717) is 12.2 Å². The van der Waals surface area contributed by atoms with Crippen LogP contribution < -0.4 is 5.73 Å². The Morgan fingerprint density at radius 1 is 1.15 bits per heavy atom. The number of halogens is 2. The second-order valence-electron chi connectivity index (χ2n) is 4.26. The zero-order valence-electron chi connectivity index (χ0n) is 10.6. The van der Waals surface area contributed by atoms with E-state index in [1.165, 1.54) is 0 Å². The molecule has 104 valence electrons. The zero-order valence-corrected chi connectivity index (χ0v) is 13.0. The summed E-state index contributed by atoms with van der Waals surface area (Å²) in [6.45, 7) is 0.600. The lowest BCUT2D eigenvalue weighted by Gasteiger charge is -2.08. The van der Waals surface area contributed by atoms with Gasteiger partial charge in [0.2, 0.25) is 0 Å². The molecule has 20 heavy (non-hydrogen) atoms. The Bertz CT molecular complexity index is 616. The minimum absolute atomic E-state index is 0.0530. The monoisotopic (exact) mass is 353 g/mol. The van der Waals surface area contributed by atoms with Crippen molar-refractivity contribution < 1.29 is 9.13 Å². The van der Waals surface area contributed by atoms with Gasteiger partial charge in [-0.25, -0.2) is 4.39 Å². The third kappa shape index (κ3) is 3.85. The third-order valence-electron chi connectivity index (χ3n) is 2.78. The zero-order chi connectivity index (χ0) is 14.5. The van der Waals surface area contributed by atoms with Crippen LogP contribution in [0.25, 0.3) is 0 Å². The van der Waals surface area contributed by atoms with Crippen molar-refractivity contribution in [1.29, 1.82) is 0 Å². The molecule has 0 aromatic heterocycles. The molecular formula is C15H13BrFNOS. The van der Waals surface area contributed by atoms with Gasteiger partial charge in [0.1, 0.15) is 10.8 Å². The fraction of sp³-hybridized carbons (Fsp3) is 0.133. The molecule has 0 spiro atoms. The van der Waals surface area contributed by atoms with Crippen molar-refractivity contribution in [2.45, 2.75) is 13.2 Å². The third-order valence-corrected chi connectivity index (χ3v) is 3.53. The van der Waals surface area contributed by atoms with Crippen molar-refractivity contribution in [2.24, 2.45) is 5.73 Å². The lowest BCUT2D eigenvalue weighted by molar-refractivity contribution is 0.105. The van der Waals surface area contributed by atoms with Gasteiger partial charge in [-0.05, 0) is 23.8 Å². The van der Waals surface area contributed by atoms with E-state index in [1.54, 1.807) is 18.2 Å². The summed E-state index contributed by atoms with van der Waals surface area (Å²) < 4.78 is 20.6. The molecule has 0 aliphatic carbocycles. The molecule has 0 fully saturated rings. The molecule has 0 unspecified atom stereocenters. The summed E-state index contributed by atoms with van der Waals surface area (Å²) in [6, 6.07) is 12.7. The first-order valence-corrected chi connectivity index (χ1v) is 7.17. The van der Waals surface area contributed by atoms with Crippen molar-refractivity contribution in [3.63, 3.8) is 0 Å². The van der Waals surface area contributed by atoms with E-state index in [0.717, 1.165) is 10.0 Å². The highest BCUT2D eigenvalue weighted by Crippen LogP contribution is 2.16. The Morgan fingerprint density at radius 3 is 2.50 bits per heavy atom. The second-order valence-corrected chi connectivity index (χ2v) is 5.62. The van der Waals surface area contributed by atoms with E-state index in [4.69, 9.17) is 22.7 Å². The fourth-order valence-corrected chi connectivity index (χ4v) is 2.16. The molecule has 0 amide bonds. The van der Waals surface area contributed by atoms with Gasteiger partial charge in [-0.1, -0.05) is 52.4 Å². The lowest BCUT2D eigenvalue weighted by atomic mass is 10.1. The quantitative estimate of drug-likeness (QED) is 0.826. The molecule has 0 heterocycles. The molecule has 0 atom stereocenters. The lowest BCUT2D eigenvalue weighted by Crippen LogP contribution is -2.13. The van der Waals surface area contributed by atoms with Crippen LogP contribution >= 0.6 is 28.1 Å². The van der Waals surface area contributed by atoms with Crippen LogP contribution in [-0.4, -0.2) is 4.99 Å². The van der Waals surface area contributed by atoms with Crippen molar-refractivity contribution in [3.8, 4) is 0 Å². The highest BCUT2D eigenvalue weighted by molar-refractivity contribution is 9.10. The summed E-state index contributed by atoms with van der Waals surface area (Å²) >= 11 is 8.17. The Kier molecular flexibility index (Phi) is 5.23. The number of hydrogen-bond acceptors (Lipinski definition) is 2. The number of nitrogens with two attached hydrogens (primary N) is 1. The molecule has 0 bridgehead atoms. The summed E-state index contributed by atoms with van der Waals surface area (Å²) in [6.07, 6.45) is 0. The Morgan fingerprint density at radius 2 is 1.85 bits per heavy atom. The standard InChI is InChI=1S/C15H13BrFNOS/c16-12-6-4-10(5-7-12)8-19-9-11-2-1-3-13(14(11)17)15(18)20/h1-7H,8-9H2,(H2,18,20). The topological polar surface area (TPSA) is 35.2 Å². The predicted molar refractivity (Wildman–Crippen MR) is 84.9 cm³/mol. The van der Waals surface area contributed by atoms with Crippen molar-refractivity contribution in [2.75, 3.05) is 0 Å². The van der Waals surface area contributed by atoms with E-state index in [-0.39, 0.29) is 17.2 Å². The van der Waals surface area contributed by atoms with Crippen LogP contribution in [0.1, 0.15) is 16.7 Å². The average molecular weight is 354 g/mol. The molecular weight excluding hydrogens is 341 g/mol. The van der Waals surface area contributed by atoms with E-state index in [2.05, 4.69) is 15.9 Å². The molecule has 0 radical (unpaired) electrons. The van der Waals surface area contributed by atoms with Crippen LogP contribution in [-0.2, 0) is 18.0 Å². The number of thiocarbonyl (C=S) groups is 1. The first-order valence-electron chi connectivity index (χ1n) is 5.97. The summed E-state index contributed by atoms with van der Waals surface area (Å²) in [5.41, 5.74) is 7.20. The maximum Gasteiger partial charge on any atom is 0.138 e. The molecule has 0 aliphatic rings. The smallest absolute Gasteiger partial charge is 0.138 e. The molecule has 0 saturated heterocycles. The van der Waals surface area contributed by atoms with Gasteiger partial charge in [0.15, 0.2) is 0 Å². The average Bonchev–Trinajstić information content (AvgIpc) is 2.42. The van der Waals surface area contributed by atoms with Gasteiger partial charge in [-0.15, -0.1) is 0 Å². The van der Waals surface area contributed by atoms with E-state index in [9.17, 15) is 4.39 Å². The van der Waals surface area contributed by atoms with Crippen LogP contribution in [0.2, 0.25) is 0 Å². The van der Waals surface area contributed by atoms with Crippen LogP contribution in [0, 0.1) is 5.82 Å². The van der Waals surface area contributed by atoms with Crippen molar-refractivity contribution in [3.05, 3.63) is 69.4 Å². The molecule has 0 aliphatic heterocycles. The van der Waals surface area contributed by atoms with Crippen LogP contribution in [0.3, 0.4) is 0 Å². The Labute approximate surface area is 130 Å². The molecule has 2 aromatic rings. The fourth-order valence-electron chi connectivity index (χ4n) is 1.74. The van der Waals surface area contributed by atoms with Crippen LogP contribution in [0.5, 0.6) is 0 Å². The maximum absolute atomic E-state index is 14.0. The summed E-state index contributed by atoms with van der Waals surface area (Å²) in [5, 5.41) is 0. The van der Waals surface area contributed by atoms with Crippen molar-refractivity contribution in [1.82, 2.24) is 0 Å². The van der Waals surface area contributed by atoms with Gasteiger partial charge in [-0.2, -0.15) is 0 Å².